The van der Waals surface area contributed by atoms with Crippen molar-refractivity contribution >= 4 is 28.5 Å². The molecule has 0 saturated carbocycles. The summed E-state index contributed by atoms with van der Waals surface area (Å²) in [6.45, 7) is 5.66. The average molecular weight is 459 g/mol. The second-order valence-corrected chi connectivity index (χ2v) is 9.68. The van der Waals surface area contributed by atoms with Crippen molar-refractivity contribution in [3.8, 4) is 0 Å². The Morgan fingerprint density at radius 2 is 1.70 bits per heavy atom. The minimum absolute atomic E-state index is 0.144. The third-order valence-corrected chi connectivity index (χ3v) is 7.14. The molecule has 3 atom stereocenters. The van der Waals surface area contributed by atoms with E-state index in [0.717, 1.165) is 49.5 Å². The molecule has 0 amide bonds. The van der Waals surface area contributed by atoms with Crippen LogP contribution >= 0.6 is 11.6 Å². The first-order valence-corrected chi connectivity index (χ1v) is 12.0. The van der Waals surface area contributed by atoms with Crippen LogP contribution in [0.2, 0.25) is 5.02 Å². The van der Waals surface area contributed by atoms with Crippen molar-refractivity contribution in [2.75, 3.05) is 31.1 Å². The lowest BCUT2D eigenvalue weighted by Gasteiger charge is -2.48. The Kier molecular flexibility index (Phi) is 5.31. The zero-order valence-corrected chi connectivity index (χ0v) is 19.4. The normalized spacial score (nSPS) is 25.1. The number of hydrogen-bond acceptors (Lipinski definition) is 5. The highest BCUT2D eigenvalue weighted by Crippen LogP contribution is 2.34. The van der Waals surface area contributed by atoms with Gasteiger partial charge in [0.1, 0.15) is 5.82 Å². The van der Waals surface area contributed by atoms with Gasteiger partial charge in [-0.05, 0) is 42.7 Å². The van der Waals surface area contributed by atoms with Gasteiger partial charge in [0.25, 0.3) is 0 Å². The minimum Gasteiger partial charge on any atom is -0.368 e. The first-order chi connectivity index (χ1) is 16.1. The molecular weight excluding hydrogens is 432 g/mol. The van der Waals surface area contributed by atoms with Gasteiger partial charge >= 0.3 is 0 Å². The van der Waals surface area contributed by atoms with Gasteiger partial charge in [-0.1, -0.05) is 54.1 Å². The Balaban J connectivity index is 1.20. The molecule has 3 aliphatic rings. The number of nitrogens with zero attached hydrogens (tertiary/aromatic N) is 4. The van der Waals surface area contributed by atoms with Crippen LogP contribution in [0.3, 0.4) is 0 Å². The third-order valence-electron chi connectivity index (χ3n) is 6.91. The van der Waals surface area contributed by atoms with E-state index in [1.54, 1.807) is 0 Å². The molecule has 1 aromatic heterocycles. The summed E-state index contributed by atoms with van der Waals surface area (Å²) in [5.41, 5.74) is 5.82. The summed E-state index contributed by atoms with van der Waals surface area (Å²) >= 11 is 6.10. The maximum absolute atomic E-state index is 6.35. The van der Waals surface area contributed by atoms with E-state index in [-0.39, 0.29) is 12.2 Å². The van der Waals surface area contributed by atoms with Crippen LogP contribution in [-0.2, 0) is 4.74 Å². The Labute approximate surface area is 199 Å². The molecule has 168 valence electrons. The molecule has 2 aromatic carbocycles. The monoisotopic (exact) mass is 458 g/mol. The molecule has 3 unspecified atom stereocenters. The van der Waals surface area contributed by atoms with E-state index in [4.69, 9.17) is 21.3 Å². The number of hydrogen-bond donors (Lipinski definition) is 0. The Bertz CT molecular complexity index is 1230. The fraction of sp³-hybridized carbons (Fsp3) is 0.333. The maximum atomic E-state index is 6.35. The topological polar surface area (TPSA) is 41.5 Å². The van der Waals surface area contributed by atoms with E-state index in [0.29, 0.717) is 10.9 Å². The van der Waals surface area contributed by atoms with E-state index in [1.807, 2.05) is 24.4 Å². The number of ether oxygens (including phenoxy) is 1. The van der Waals surface area contributed by atoms with Crippen LogP contribution in [0, 0.1) is 0 Å². The number of benzene rings is 2. The molecule has 0 spiro atoms. The second kappa shape index (κ2) is 8.47. The summed E-state index contributed by atoms with van der Waals surface area (Å²) in [6, 6.07) is 16.5. The van der Waals surface area contributed by atoms with Crippen LogP contribution < -0.4 is 4.90 Å². The fourth-order valence-electron chi connectivity index (χ4n) is 5.29. The molecule has 33 heavy (non-hydrogen) atoms. The lowest BCUT2D eigenvalue weighted by molar-refractivity contribution is -0.0850. The minimum atomic E-state index is 0.144. The van der Waals surface area contributed by atoms with Crippen molar-refractivity contribution in [2.45, 2.75) is 31.5 Å². The van der Waals surface area contributed by atoms with Crippen LogP contribution in [0.1, 0.15) is 24.8 Å². The number of halogens is 1. The second-order valence-electron chi connectivity index (χ2n) is 9.24. The van der Waals surface area contributed by atoms with Gasteiger partial charge in [-0.15, -0.1) is 0 Å². The molecule has 5 nitrogen and oxygen atoms in total. The molecule has 6 heteroatoms. The summed E-state index contributed by atoms with van der Waals surface area (Å²) in [6.07, 6.45) is 8.07. The smallest absolute Gasteiger partial charge is 0.148 e. The van der Waals surface area contributed by atoms with E-state index >= 15 is 0 Å². The third kappa shape index (κ3) is 4.11. The van der Waals surface area contributed by atoms with E-state index in [2.05, 4.69) is 64.2 Å². The van der Waals surface area contributed by atoms with Gasteiger partial charge in [0.15, 0.2) is 0 Å². The number of fused-ring (bicyclic) bond motifs is 3. The largest absolute Gasteiger partial charge is 0.368 e. The van der Waals surface area contributed by atoms with Gasteiger partial charge in [-0.2, -0.15) is 0 Å². The highest BCUT2D eigenvalue weighted by atomic mass is 35.5. The van der Waals surface area contributed by atoms with Gasteiger partial charge in [0.05, 0.1) is 29.4 Å². The first-order valence-electron chi connectivity index (χ1n) is 11.6. The number of rotatable bonds is 3. The van der Waals surface area contributed by atoms with Gasteiger partial charge in [0, 0.05) is 42.8 Å². The standard InChI is InChI=1S/C27H27ClN4O/c1-18-7-8-20(19-5-3-2-4-6-19)11-26(18)31-14-22-16-32(17-23(15-31)33-22)27-13-29-25-12-21(28)9-10-24(25)30-27/h2-7,9-13,20,22-23H,8,14-17H2,1H3. The van der Waals surface area contributed by atoms with Gasteiger partial charge in [0.2, 0.25) is 0 Å². The molecule has 0 radical (unpaired) electrons. The van der Waals surface area contributed by atoms with E-state index < -0.39 is 0 Å². The molecule has 1 aliphatic carbocycles. The number of anilines is 1. The Hall–Kier alpha value is -2.89. The SMILES string of the molecule is CC1=CCC(c2ccccc2)C=C1N1CC2CN(c3cnc4cc(Cl)ccc4n3)CC(C1)O2. The van der Waals surface area contributed by atoms with Crippen molar-refractivity contribution < 1.29 is 4.74 Å². The van der Waals surface area contributed by atoms with Crippen molar-refractivity contribution in [2.24, 2.45) is 0 Å². The number of morpholine rings is 2. The molecular formula is C27H27ClN4O. The van der Waals surface area contributed by atoms with Crippen LogP contribution in [0.15, 0.2) is 78.1 Å². The zero-order valence-electron chi connectivity index (χ0n) is 18.7. The van der Waals surface area contributed by atoms with Gasteiger partial charge in [-0.3, -0.25) is 4.98 Å². The van der Waals surface area contributed by atoms with Crippen LogP contribution in [0.25, 0.3) is 11.0 Å². The summed E-state index contributed by atoms with van der Waals surface area (Å²) in [5, 5.41) is 0.682. The summed E-state index contributed by atoms with van der Waals surface area (Å²) < 4.78 is 6.35. The fourth-order valence-corrected chi connectivity index (χ4v) is 5.45. The molecule has 0 N–H and O–H groups in total. The predicted octanol–water partition coefficient (Wildman–Crippen LogP) is 5.19. The lowest BCUT2D eigenvalue weighted by atomic mass is 9.88. The highest BCUT2D eigenvalue weighted by molar-refractivity contribution is 6.31. The lowest BCUT2D eigenvalue weighted by Crippen LogP contribution is -2.59. The number of allylic oxidation sites excluding steroid dienone is 3. The summed E-state index contributed by atoms with van der Waals surface area (Å²) in [4.78, 5) is 14.3. The predicted molar refractivity (Wildman–Crippen MR) is 133 cm³/mol. The van der Waals surface area contributed by atoms with Crippen molar-refractivity contribution in [1.82, 2.24) is 14.9 Å². The Morgan fingerprint density at radius 3 is 2.48 bits per heavy atom. The molecule has 3 heterocycles. The Morgan fingerprint density at radius 1 is 0.939 bits per heavy atom. The molecule has 2 aliphatic heterocycles. The van der Waals surface area contributed by atoms with Crippen molar-refractivity contribution in [3.63, 3.8) is 0 Å². The van der Waals surface area contributed by atoms with Crippen LogP contribution in [0.5, 0.6) is 0 Å². The van der Waals surface area contributed by atoms with Crippen molar-refractivity contribution in [3.05, 3.63) is 88.7 Å². The highest BCUT2D eigenvalue weighted by Gasteiger charge is 2.37. The molecule has 3 aromatic rings. The molecule has 2 bridgehead atoms. The molecule has 2 fully saturated rings. The van der Waals surface area contributed by atoms with Crippen molar-refractivity contribution in [1.29, 1.82) is 0 Å². The quantitative estimate of drug-likeness (QED) is 0.540. The van der Waals surface area contributed by atoms with Crippen LogP contribution in [0.4, 0.5) is 5.82 Å². The molecule has 2 saturated heterocycles. The first kappa shape index (κ1) is 20.7. The number of aromatic nitrogens is 2. The molecule has 6 rings (SSSR count). The maximum Gasteiger partial charge on any atom is 0.148 e. The summed E-state index contributed by atoms with van der Waals surface area (Å²) in [5.74, 6) is 1.35. The van der Waals surface area contributed by atoms with E-state index in [1.165, 1.54) is 16.8 Å². The summed E-state index contributed by atoms with van der Waals surface area (Å²) in [7, 11) is 0. The van der Waals surface area contributed by atoms with Gasteiger partial charge in [-0.25, -0.2) is 4.98 Å². The average Bonchev–Trinajstić information content (AvgIpc) is 2.84. The van der Waals surface area contributed by atoms with E-state index in [9.17, 15) is 0 Å². The zero-order chi connectivity index (χ0) is 22.4. The van der Waals surface area contributed by atoms with Crippen LogP contribution in [-0.4, -0.2) is 53.3 Å². The van der Waals surface area contributed by atoms with Gasteiger partial charge < -0.3 is 14.5 Å².